The lowest BCUT2D eigenvalue weighted by Gasteiger charge is -1.96. The zero-order chi connectivity index (χ0) is 14.1. The Labute approximate surface area is 117 Å². The summed E-state index contributed by atoms with van der Waals surface area (Å²) in [7, 11) is 1.61. The molecule has 6 nitrogen and oxygen atoms in total. The number of nitro groups is 1. The van der Waals surface area contributed by atoms with Crippen LogP contribution in [0, 0.1) is 10.1 Å². The van der Waals surface area contributed by atoms with Gasteiger partial charge in [-0.25, -0.2) is 4.98 Å². The summed E-state index contributed by atoms with van der Waals surface area (Å²) in [6.07, 6.45) is 1.47. The topological polar surface area (TPSA) is 78.2 Å². The fraction of sp³-hybridized carbons (Fsp3) is 0.0769. The van der Waals surface area contributed by atoms with Gasteiger partial charge in [0.05, 0.1) is 22.9 Å². The molecule has 0 aliphatic heterocycles. The summed E-state index contributed by atoms with van der Waals surface area (Å²) < 4.78 is 6.17. The van der Waals surface area contributed by atoms with Gasteiger partial charge in [-0.2, -0.15) is 0 Å². The largest absolute Gasteiger partial charge is 0.497 e. The number of fused-ring (bicyclic) bond motifs is 1. The molecule has 0 amide bonds. The van der Waals surface area contributed by atoms with Crippen molar-refractivity contribution in [1.82, 2.24) is 9.97 Å². The maximum absolute atomic E-state index is 10.6. The average Bonchev–Trinajstić information content (AvgIpc) is 2.90. The summed E-state index contributed by atoms with van der Waals surface area (Å²) in [5, 5.41) is 11.4. The quantitative estimate of drug-likeness (QED) is 0.545. The minimum absolute atomic E-state index is 0.170. The number of ether oxygens (including phenoxy) is 1. The lowest BCUT2D eigenvalue weighted by atomic mass is 10.3. The third-order valence-corrected chi connectivity index (χ3v) is 3.84. The summed E-state index contributed by atoms with van der Waals surface area (Å²) >= 11 is 1.49. The number of nitrogens with zero attached hydrogens (tertiary/aromatic N) is 3. The van der Waals surface area contributed by atoms with Crippen molar-refractivity contribution in [2.24, 2.45) is 0 Å². The number of thiazole rings is 1. The molecule has 0 aliphatic carbocycles. The number of pyridine rings is 1. The highest BCUT2D eigenvalue weighted by Gasteiger charge is 2.11. The summed E-state index contributed by atoms with van der Waals surface area (Å²) in [5.41, 5.74) is 1.62. The highest BCUT2D eigenvalue weighted by Crippen LogP contribution is 2.32. The third-order valence-electron chi connectivity index (χ3n) is 2.78. The Hall–Kier alpha value is -2.54. The molecule has 0 spiro atoms. The van der Waals surface area contributed by atoms with Gasteiger partial charge < -0.3 is 14.9 Å². The van der Waals surface area contributed by atoms with Crippen molar-refractivity contribution in [1.29, 1.82) is 0 Å². The molecule has 1 aromatic carbocycles. The zero-order valence-corrected chi connectivity index (χ0v) is 11.3. The number of rotatable bonds is 3. The molecule has 0 radical (unpaired) electrons. The molecule has 7 heteroatoms. The molecule has 0 fully saturated rings. The Balaban J connectivity index is 2.03. The molecular weight excluding hydrogens is 278 g/mol. The van der Waals surface area contributed by atoms with Gasteiger partial charge in [-0.05, 0) is 34.2 Å². The fourth-order valence-electron chi connectivity index (χ4n) is 1.78. The second-order valence-corrected chi connectivity index (χ2v) is 5.05. The normalized spacial score (nSPS) is 10.7. The van der Waals surface area contributed by atoms with Crippen LogP contribution in [0.3, 0.4) is 0 Å². The predicted molar refractivity (Wildman–Crippen MR) is 76.1 cm³/mol. The Morgan fingerprint density at radius 3 is 2.80 bits per heavy atom. The van der Waals surface area contributed by atoms with Crippen LogP contribution in [0.5, 0.6) is 5.75 Å². The van der Waals surface area contributed by atoms with E-state index in [1.54, 1.807) is 13.2 Å². The van der Waals surface area contributed by atoms with E-state index in [1.165, 1.54) is 23.6 Å². The second kappa shape index (κ2) is 4.86. The van der Waals surface area contributed by atoms with E-state index < -0.39 is 4.92 Å². The first-order valence-electron chi connectivity index (χ1n) is 5.73. The first-order chi connectivity index (χ1) is 9.67. The number of methoxy groups -OCH3 is 1. The number of hydrogen-bond donors (Lipinski definition) is 0. The third kappa shape index (κ3) is 2.19. The van der Waals surface area contributed by atoms with Gasteiger partial charge in [0.25, 0.3) is 0 Å². The first kappa shape index (κ1) is 12.5. The molecule has 2 aromatic heterocycles. The smallest absolute Gasteiger partial charge is 0.363 e. The minimum atomic E-state index is -0.521. The van der Waals surface area contributed by atoms with Crippen LogP contribution >= 0.6 is 11.3 Å². The predicted octanol–water partition coefficient (Wildman–Crippen LogP) is 3.28. The Kier molecular flexibility index (Phi) is 3.03. The van der Waals surface area contributed by atoms with Gasteiger partial charge in [-0.15, -0.1) is 11.3 Å². The van der Waals surface area contributed by atoms with E-state index >= 15 is 0 Å². The van der Waals surface area contributed by atoms with E-state index in [9.17, 15) is 10.1 Å². The van der Waals surface area contributed by atoms with Crippen LogP contribution in [0.4, 0.5) is 5.82 Å². The number of benzene rings is 1. The van der Waals surface area contributed by atoms with Crippen molar-refractivity contribution in [2.45, 2.75) is 0 Å². The van der Waals surface area contributed by atoms with Crippen LogP contribution in [0.15, 0.2) is 36.5 Å². The Morgan fingerprint density at radius 2 is 2.15 bits per heavy atom. The van der Waals surface area contributed by atoms with Crippen LogP contribution in [0.1, 0.15) is 0 Å². The van der Waals surface area contributed by atoms with Crippen LogP contribution < -0.4 is 4.74 Å². The molecule has 0 aliphatic rings. The SMILES string of the molecule is COc1ccc2nc(-c3ccc([N+](=O)[O-])nc3)sc2c1. The summed E-state index contributed by atoms with van der Waals surface area (Å²) in [5.74, 6) is 0.603. The van der Waals surface area contributed by atoms with Crippen molar-refractivity contribution < 1.29 is 9.66 Å². The van der Waals surface area contributed by atoms with E-state index in [0.29, 0.717) is 0 Å². The highest BCUT2D eigenvalue weighted by molar-refractivity contribution is 7.21. The van der Waals surface area contributed by atoms with Crippen LogP contribution in [-0.2, 0) is 0 Å². The summed E-state index contributed by atoms with van der Waals surface area (Å²) in [6.45, 7) is 0. The maximum atomic E-state index is 10.6. The van der Waals surface area contributed by atoms with Gasteiger partial charge in [-0.3, -0.25) is 0 Å². The second-order valence-electron chi connectivity index (χ2n) is 4.01. The van der Waals surface area contributed by atoms with Crippen molar-refractivity contribution in [3.05, 3.63) is 46.6 Å². The van der Waals surface area contributed by atoms with Crippen molar-refractivity contribution in [2.75, 3.05) is 7.11 Å². The number of hydrogen-bond acceptors (Lipinski definition) is 6. The molecule has 0 unspecified atom stereocenters. The van der Waals surface area contributed by atoms with Crippen LogP contribution in [0.2, 0.25) is 0 Å². The van der Waals surface area contributed by atoms with Crippen molar-refractivity contribution in [3.8, 4) is 16.3 Å². The maximum Gasteiger partial charge on any atom is 0.363 e. The monoisotopic (exact) mass is 287 g/mol. The molecular formula is C13H9N3O3S. The van der Waals surface area contributed by atoms with Crippen LogP contribution in [-0.4, -0.2) is 22.0 Å². The molecule has 0 N–H and O–H groups in total. The molecule has 0 atom stereocenters. The van der Waals surface area contributed by atoms with E-state index in [1.807, 2.05) is 18.2 Å². The zero-order valence-electron chi connectivity index (χ0n) is 10.4. The fourth-order valence-corrected chi connectivity index (χ4v) is 2.76. The van der Waals surface area contributed by atoms with Gasteiger partial charge in [0.1, 0.15) is 10.8 Å². The summed E-state index contributed by atoms with van der Waals surface area (Å²) in [4.78, 5) is 18.3. The van der Waals surface area contributed by atoms with E-state index in [0.717, 1.165) is 26.5 Å². The molecule has 100 valence electrons. The van der Waals surface area contributed by atoms with Gasteiger partial charge in [-0.1, -0.05) is 0 Å². The van der Waals surface area contributed by atoms with Gasteiger partial charge in [0.15, 0.2) is 6.20 Å². The average molecular weight is 287 g/mol. The first-order valence-corrected chi connectivity index (χ1v) is 6.54. The standard InChI is InChI=1S/C13H9N3O3S/c1-19-9-3-4-10-11(6-9)20-13(15-10)8-2-5-12(14-7-8)16(17)18/h2-7H,1H3. The van der Waals surface area contributed by atoms with Crippen molar-refractivity contribution >= 4 is 27.4 Å². The molecule has 3 aromatic rings. The van der Waals surface area contributed by atoms with Crippen molar-refractivity contribution in [3.63, 3.8) is 0 Å². The molecule has 0 saturated carbocycles. The highest BCUT2D eigenvalue weighted by atomic mass is 32.1. The number of aromatic nitrogens is 2. The van der Waals surface area contributed by atoms with E-state index in [4.69, 9.17) is 4.74 Å². The summed E-state index contributed by atoms with van der Waals surface area (Å²) in [6, 6.07) is 8.67. The molecule has 0 bridgehead atoms. The van der Waals surface area contributed by atoms with Gasteiger partial charge in [0.2, 0.25) is 0 Å². The van der Waals surface area contributed by atoms with E-state index in [-0.39, 0.29) is 5.82 Å². The van der Waals surface area contributed by atoms with E-state index in [2.05, 4.69) is 9.97 Å². The van der Waals surface area contributed by atoms with Gasteiger partial charge >= 0.3 is 5.82 Å². The Bertz CT molecular complexity index is 783. The lowest BCUT2D eigenvalue weighted by molar-refractivity contribution is -0.389. The van der Waals surface area contributed by atoms with Gasteiger partial charge in [0, 0.05) is 6.07 Å². The molecule has 0 saturated heterocycles. The van der Waals surface area contributed by atoms with Crippen LogP contribution in [0.25, 0.3) is 20.8 Å². The minimum Gasteiger partial charge on any atom is -0.497 e. The lowest BCUT2D eigenvalue weighted by Crippen LogP contribution is -1.91. The Morgan fingerprint density at radius 1 is 1.30 bits per heavy atom. The molecule has 3 rings (SSSR count). The molecule has 2 heterocycles. The molecule has 20 heavy (non-hydrogen) atoms.